The molecule has 0 bridgehead atoms. The van der Waals surface area contributed by atoms with Crippen molar-refractivity contribution in [2.24, 2.45) is 0 Å². The van der Waals surface area contributed by atoms with Crippen LogP contribution in [0.25, 0.3) is 0 Å². The molecule has 3 N–H and O–H groups in total. The maximum atomic E-state index is 12.5. The molecule has 0 fully saturated rings. The van der Waals surface area contributed by atoms with Gasteiger partial charge in [-0.05, 0) is 75.7 Å². The Hall–Kier alpha value is -0.810. The molecular formula is C37H70NO8PS2. The molecule has 9 nitrogen and oxygen atoms in total. The van der Waals surface area contributed by atoms with E-state index in [9.17, 15) is 19.0 Å². The van der Waals surface area contributed by atoms with Crippen molar-refractivity contribution in [3.8, 4) is 0 Å². The van der Waals surface area contributed by atoms with E-state index in [2.05, 4.69) is 43.9 Å². The molecule has 0 aliphatic rings. The van der Waals surface area contributed by atoms with E-state index in [0.717, 1.165) is 62.9 Å². The number of phosphoric acid groups is 1. The van der Waals surface area contributed by atoms with E-state index in [1.165, 1.54) is 101 Å². The quantitative estimate of drug-likeness (QED) is 0.0284. The van der Waals surface area contributed by atoms with Gasteiger partial charge in [-0.2, -0.15) is 23.5 Å². The number of phosphoric ester groups is 1. The van der Waals surface area contributed by atoms with Gasteiger partial charge in [-0.25, -0.2) is 0 Å². The summed E-state index contributed by atoms with van der Waals surface area (Å²) in [6.45, 7) is 3.83. The summed E-state index contributed by atoms with van der Waals surface area (Å²) in [5, 5.41) is 0. The predicted molar refractivity (Wildman–Crippen MR) is 205 cm³/mol. The monoisotopic (exact) mass is 751 g/mol. The van der Waals surface area contributed by atoms with Crippen molar-refractivity contribution in [1.29, 1.82) is 0 Å². The first kappa shape index (κ1) is 48.2. The van der Waals surface area contributed by atoms with Crippen molar-refractivity contribution in [2.45, 2.75) is 148 Å². The molecule has 12 heteroatoms. The van der Waals surface area contributed by atoms with Gasteiger partial charge >= 0.3 is 11.9 Å². The van der Waals surface area contributed by atoms with E-state index in [1.54, 1.807) is 0 Å². The molecule has 0 heterocycles. The molecule has 0 aromatic heterocycles. The van der Waals surface area contributed by atoms with Gasteiger partial charge in [0.15, 0.2) is 6.10 Å². The molecule has 0 aromatic carbocycles. The predicted octanol–water partition coefficient (Wildman–Crippen LogP) is 8.61. The first-order valence-electron chi connectivity index (χ1n) is 19.0. The minimum Gasteiger partial charge on any atom is -0.756 e. The Kier molecular flexibility index (Phi) is 36.4. The molecule has 1 unspecified atom stereocenters. The second-order valence-corrected chi connectivity index (χ2v) is 16.0. The fraction of sp³-hybridized carbons (Fsp3) is 0.838. The Labute approximate surface area is 307 Å². The Morgan fingerprint density at radius 3 is 1.57 bits per heavy atom. The van der Waals surface area contributed by atoms with E-state index in [0.29, 0.717) is 0 Å². The van der Waals surface area contributed by atoms with Gasteiger partial charge in [0, 0.05) is 0 Å². The highest BCUT2D eigenvalue weighted by atomic mass is 32.2. The number of carbonyl (C=O) groups excluding carboxylic acids is 2. The van der Waals surface area contributed by atoms with Gasteiger partial charge in [0.25, 0.3) is 7.82 Å². The highest BCUT2D eigenvalue weighted by Gasteiger charge is 2.21. The highest BCUT2D eigenvalue weighted by Crippen LogP contribution is 2.38. The van der Waals surface area contributed by atoms with Gasteiger partial charge in [-0.15, -0.1) is 0 Å². The van der Waals surface area contributed by atoms with Gasteiger partial charge in [-0.3, -0.25) is 14.2 Å². The van der Waals surface area contributed by atoms with Gasteiger partial charge < -0.3 is 29.1 Å². The van der Waals surface area contributed by atoms with E-state index in [4.69, 9.17) is 18.5 Å². The van der Waals surface area contributed by atoms with Gasteiger partial charge in [-0.1, -0.05) is 102 Å². The molecule has 0 rings (SSSR count). The normalized spacial score (nSPS) is 13.6. The molecule has 0 aliphatic carbocycles. The lowest BCUT2D eigenvalue weighted by molar-refractivity contribution is -0.373. The average Bonchev–Trinajstić information content (AvgIpc) is 3.08. The summed E-state index contributed by atoms with van der Waals surface area (Å²) in [6.07, 6.45) is 32.2. The second kappa shape index (κ2) is 37.0. The Bertz CT molecular complexity index is 877. The van der Waals surface area contributed by atoms with E-state index >= 15 is 0 Å². The van der Waals surface area contributed by atoms with Crippen molar-refractivity contribution in [3.63, 3.8) is 0 Å². The number of thioether (sulfide) groups is 2. The summed E-state index contributed by atoms with van der Waals surface area (Å²) in [6, 6.07) is 0. The standard InChI is InChI=1S/C37H70NO8PS2/c1-3-5-7-9-11-13-15-17-19-21-23-25-29-48-33-36(39)43-31-35(32-45-47(41,42)44-28-27-38)46-37(40)34-49-30-26-24-22-20-18-16-14-12-10-8-6-4-2/h15-18,35H,3-14,19-34,38H2,1-2H3,(H,41,42)/b17-15-,18-16-/t35-/m1/s1. The molecule has 49 heavy (non-hydrogen) atoms. The molecule has 0 aliphatic heterocycles. The molecule has 0 radical (unpaired) electrons. The van der Waals surface area contributed by atoms with Crippen LogP contribution in [-0.2, 0) is 32.7 Å². The zero-order chi connectivity index (χ0) is 36.1. The van der Waals surface area contributed by atoms with Crippen LogP contribution in [0.4, 0.5) is 0 Å². The fourth-order valence-electron chi connectivity index (χ4n) is 4.75. The molecule has 0 spiro atoms. The van der Waals surface area contributed by atoms with Crippen LogP contribution in [0.3, 0.4) is 0 Å². The van der Waals surface area contributed by atoms with Crippen LogP contribution >= 0.6 is 31.3 Å². The molecule has 0 saturated carbocycles. The van der Waals surface area contributed by atoms with Crippen LogP contribution in [0.15, 0.2) is 24.3 Å². The zero-order valence-corrected chi connectivity index (χ0v) is 33.4. The van der Waals surface area contributed by atoms with Crippen LogP contribution in [0.2, 0.25) is 0 Å². The molecule has 0 aromatic rings. The number of quaternary nitrogens is 1. The lowest BCUT2D eigenvalue weighted by atomic mass is 10.1. The fourth-order valence-corrected chi connectivity index (χ4v) is 7.12. The smallest absolute Gasteiger partial charge is 0.316 e. The van der Waals surface area contributed by atoms with Crippen molar-refractivity contribution >= 4 is 43.3 Å². The number of allylic oxidation sites excluding steroid dienone is 4. The van der Waals surface area contributed by atoms with Crippen molar-refractivity contribution in [1.82, 2.24) is 0 Å². The second-order valence-electron chi connectivity index (χ2n) is 12.4. The largest absolute Gasteiger partial charge is 0.756 e. The van der Waals surface area contributed by atoms with Crippen molar-refractivity contribution in [2.75, 3.05) is 49.4 Å². The van der Waals surface area contributed by atoms with Crippen LogP contribution in [0.1, 0.15) is 142 Å². The summed E-state index contributed by atoms with van der Waals surface area (Å²) in [7, 11) is -4.59. The SMILES string of the molecule is CCCCCCC/C=C\CCCCCSCC(=O)OC[C@H](COP(=O)([O-])OCC[NH3+])OC(=O)CSCCCCC/C=C\CCCCCCC. The number of ether oxygens (including phenoxy) is 2. The minimum absolute atomic E-state index is 0.112. The van der Waals surface area contributed by atoms with E-state index in [-0.39, 0.29) is 31.3 Å². The third kappa shape index (κ3) is 36.8. The van der Waals surface area contributed by atoms with Crippen LogP contribution in [0.5, 0.6) is 0 Å². The number of rotatable bonds is 37. The number of esters is 2. The van der Waals surface area contributed by atoms with Gasteiger partial charge in [0.05, 0.1) is 24.7 Å². The first-order valence-corrected chi connectivity index (χ1v) is 22.8. The summed E-state index contributed by atoms with van der Waals surface area (Å²) in [5.74, 6) is 1.04. The Morgan fingerprint density at radius 1 is 0.653 bits per heavy atom. The van der Waals surface area contributed by atoms with E-state index in [1.807, 2.05) is 0 Å². The minimum atomic E-state index is -4.59. The highest BCUT2D eigenvalue weighted by molar-refractivity contribution is 8.00. The summed E-state index contributed by atoms with van der Waals surface area (Å²) >= 11 is 2.98. The Balaban J connectivity index is 4.23. The number of carbonyl (C=O) groups is 2. The van der Waals surface area contributed by atoms with Crippen LogP contribution < -0.4 is 10.6 Å². The van der Waals surface area contributed by atoms with Crippen LogP contribution in [-0.4, -0.2) is 67.4 Å². The molecule has 288 valence electrons. The third-order valence-electron chi connectivity index (χ3n) is 7.58. The molecule has 0 amide bonds. The number of hydrogen-bond acceptors (Lipinski definition) is 10. The average molecular weight is 752 g/mol. The zero-order valence-electron chi connectivity index (χ0n) is 30.9. The summed E-state index contributed by atoms with van der Waals surface area (Å²) < 4.78 is 32.3. The first-order chi connectivity index (χ1) is 23.8. The maximum absolute atomic E-state index is 12.5. The maximum Gasteiger partial charge on any atom is 0.316 e. The molecule has 0 saturated heterocycles. The number of unbranched alkanes of at least 4 members (excludes halogenated alkanes) is 16. The van der Waals surface area contributed by atoms with Crippen molar-refractivity contribution in [3.05, 3.63) is 24.3 Å². The topological polar surface area (TPSA) is 139 Å². The van der Waals surface area contributed by atoms with Crippen molar-refractivity contribution < 1.29 is 43.3 Å². The molecule has 2 atom stereocenters. The Morgan fingerprint density at radius 2 is 1.10 bits per heavy atom. The van der Waals surface area contributed by atoms with Gasteiger partial charge in [0.2, 0.25) is 0 Å². The van der Waals surface area contributed by atoms with E-state index < -0.39 is 32.5 Å². The summed E-state index contributed by atoms with van der Waals surface area (Å²) in [4.78, 5) is 36.8. The molecular weight excluding hydrogens is 682 g/mol. The van der Waals surface area contributed by atoms with Gasteiger partial charge in [0.1, 0.15) is 13.2 Å². The lowest BCUT2D eigenvalue weighted by Crippen LogP contribution is -2.52. The van der Waals surface area contributed by atoms with Crippen LogP contribution in [0, 0.1) is 0 Å². The number of hydrogen-bond donors (Lipinski definition) is 1. The third-order valence-corrected chi connectivity index (χ3v) is 10.6. The lowest BCUT2D eigenvalue weighted by Gasteiger charge is -2.25. The summed E-state index contributed by atoms with van der Waals surface area (Å²) in [5.41, 5.74) is 3.54.